The van der Waals surface area contributed by atoms with Crippen LogP contribution in [-0.2, 0) is 0 Å². The lowest BCUT2D eigenvalue weighted by molar-refractivity contribution is 0.675. The lowest BCUT2D eigenvalue weighted by Crippen LogP contribution is -1.75. The van der Waals surface area contributed by atoms with Crippen molar-refractivity contribution in [2.24, 2.45) is 0 Å². The first kappa shape index (κ1) is 11.0. The molecule has 14 heavy (non-hydrogen) atoms. The maximum absolute atomic E-state index is 4.06. The zero-order valence-electron chi connectivity index (χ0n) is 8.95. The summed E-state index contributed by atoms with van der Waals surface area (Å²) in [4.78, 5) is 4.06. The van der Waals surface area contributed by atoms with E-state index in [4.69, 9.17) is 0 Å². The highest BCUT2D eigenvalue weighted by atomic mass is 14.6. The number of hydrogen-bond acceptors (Lipinski definition) is 1. The molecule has 0 bridgehead atoms. The zero-order chi connectivity index (χ0) is 10.1. The third kappa shape index (κ3) is 4.80. The summed E-state index contributed by atoms with van der Waals surface area (Å²) in [7, 11) is 0. The summed E-state index contributed by atoms with van der Waals surface area (Å²) in [6, 6.07) is 4.05. The maximum Gasteiger partial charge on any atom is 0.0340 e. The molecule has 0 aliphatic rings. The molecule has 0 aromatic carbocycles. The fourth-order valence-electron chi connectivity index (χ4n) is 1.38. The molecule has 1 heteroatoms. The van der Waals surface area contributed by atoms with Crippen LogP contribution in [0.1, 0.15) is 44.6 Å². The molecule has 0 radical (unpaired) electrons. The largest absolute Gasteiger partial charge is 0.264 e. The van der Waals surface area contributed by atoms with Crippen LogP contribution in [-0.4, -0.2) is 4.98 Å². The van der Waals surface area contributed by atoms with Crippen molar-refractivity contribution in [2.45, 2.75) is 39.0 Å². The molecular formula is C13H19N. The molecule has 0 aliphatic heterocycles. The highest BCUT2D eigenvalue weighted by Crippen LogP contribution is 2.05. The van der Waals surface area contributed by atoms with Gasteiger partial charge in [0.05, 0.1) is 0 Å². The summed E-state index contributed by atoms with van der Waals surface area (Å²) in [5.74, 6) is 0. The van der Waals surface area contributed by atoms with Gasteiger partial charge < -0.3 is 0 Å². The summed E-state index contributed by atoms with van der Waals surface area (Å²) in [6.07, 6.45) is 14.6. The van der Waals surface area contributed by atoms with Crippen LogP contribution >= 0.6 is 0 Å². The van der Waals surface area contributed by atoms with Crippen LogP contribution in [0.3, 0.4) is 0 Å². The van der Waals surface area contributed by atoms with Crippen molar-refractivity contribution in [2.75, 3.05) is 0 Å². The normalized spacial score (nSPS) is 10.9. The second kappa shape index (κ2) is 7.31. The average molecular weight is 189 g/mol. The molecule has 1 aromatic heterocycles. The molecule has 0 fully saturated rings. The smallest absolute Gasteiger partial charge is 0.0340 e. The Hall–Kier alpha value is -1.11. The predicted octanol–water partition coefficient (Wildman–Crippen LogP) is 4.07. The molecule has 0 aliphatic carbocycles. The molecular weight excluding hydrogens is 170 g/mol. The van der Waals surface area contributed by atoms with Gasteiger partial charge in [0.15, 0.2) is 0 Å². The number of unbranched alkanes of at least 4 members (excludes halogenated alkanes) is 4. The van der Waals surface area contributed by atoms with Crippen molar-refractivity contribution in [1.29, 1.82) is 0 Å². The van der Waals surface area contributed by atoms with E-state index in [-0.39, 0.29) is 0 Å². The molecule has 0 saturated carbocycles. The number of nitrogens with zero attached hydrogens (tertiary/aromatic N) is 1. The van der Waals surface area contributed by atoms with E-state index in [1.54, 1.807) is 6.20 Å². The van der Waals surface area contributed by atoms with Crippen LogP contribution in [0.2, 0.25) is 0 Å². The summed E-state index contributed by atoms with van der Waals surface area (Å²) in [6.45, 7) is 2.24. The number of aromatic nitrogens is 1. The van der Waals surface area contributed by atoms with Gasteiger partial charge in [-0.05, 0) is 24.5 Å². The SMILES string of the molecule is CCCCCC/C=C/c1cccnc1. The third-order valence-corrected chi connectivity index (χ3v) is 2.22. The van der Waals surface area contributed by atoms with E-state index in [9.17, 15) is 0 Å². The van der Waals surface area contributed by atoms with Crippen molar-refractivity contribution in [3.8, 4) is 0 Å². The molecule has 1 heterocycles. The van der Waals surface area contributed by atoms with E-state index >= 15 is 0 Å². The van der Waals surface area contributed by atoms with Crippen molar-refractivity contribution < 1.29 is 0 Å². The van der Waals surface area contributed by atoms with Gasteiger partial charge in [0.25, 0.3) is 0 Å². The first-order chi connectivity index (χ1) is 6.93. The van der Waals surface area contributed by atoms with Gasteiger partial charge in [0, 0.05) is 12.4 Å². The topological polar surface area (TPSA) is 12.9 Å². The average Bonchev–Trinajstić information content (AvgIpc) is 2.25. The summed E-state index contributed by atoms with van der Waals surface area (Å²) in [5, 5.41) is 0. The third-order valence-electron chi connectivity index (χ3n) is 2.22. The zero-order valence-corrected chi connectivity index (χ0v) is 8.95. The molecule has 76 valence electrons. The Morgan fingerprint density at radius 3 is 2.93 bits per heavy atom. The fraction of sp³-hybridized carbons (Fsp3) is 0.462. The molecule has 1 aromatic rings. The molecule has 0 amide bonds. The van der Waals surface area contributed by atoms with Crippen LogP contribution in [0, 0.1) is 0 Å². The predicted molar refractivity (Wildman–Crippen MR) is 62.0 cm³/mol. The Bertz CT molecular complexity index is 251. The van der Waals surface area contributed by atoms with Crippen LogP contribution in [0.15, 0.2) is 30.6 Å². The van der Waals surface area contributed by atoms with Gasteiger partial charge in [-0.25, -0.2) is 0 Å². The lowest BCUT2D eigenvalue weighted by atomic mass is 10.1. The Kier molecular flexibility index (Phi) is 5.73. The van der Waals surface area contributed by atoms with Gasteiger partial charge >= 0.3 is 0 Å². The van der Waals surface area contributed by atoms with Crippen molar-refractivity contribution >= 4 is 6.08 Å². The minimum absolute atomic E-state index is 1.19. The van der Waals surface area contributed by atoms with Gasteiger partial charge in [-0.15, -0.1) is 0 Å². The Labute approximate surface area is 86.9 Å². The van der Waals surface area contributed by atoms with E-state index in [1.807, 2.05) is 12.3 Å². The minimum atomic E-state index is 1.19. The van der Waals surface area contributed by atoms with Crippen molar-refractivity contribution in [3.63, 3.8) is 0 Å². The molecule has 0 N–H and O–H groups in total. The van der Waals surface area contributed by atoms with Gasteiger partial charge in [-0.2, -0.15) is 0 Å². The monoisotopic (exact) mass is 189 g/mol. The van der Waals surface area contributed by atoms with Gasteiger partial charge in [0.1, 0.15) is 0 Å². The van der Waals surface area contributed by atoms with E-state index in [0.29, 0.717) is 0 Å². The van der Waals surface area contributed by atoms with Gasteiger partial charge in [0.2, 0.25) is 0 Å². The molecule has 1 nitrogen and oxygen atoms in total. The van der Waals surface area contributed by atoms with Crippen molar-refractivity contribution in [3.05, 3.63) is 36.2 Å². The number of hydrogen-bond donors (Lipinski definition) is 0. The van der Waals surface area contributed by atoms with Crippen LogP contribution in [0.25, 0.3) is 6.08 Å². The van der Waals surface area contributed by atoms with Crippen LogP contribution in [0.4, 0.5) is 0 Å². The summed E-state index contributed by atoms with van der Waals surface area (Å²) >= 11 is 0. The molecule has 0 unspecified atom stereocenters. The maximum atomic E-state index is 4.06. The standard InChI is InChI=1S/C13H19N/c1-2-3-4-5-6-7-9-13-10-8-11-14-12-13/h7-12H,2-6H2,1H3/b9-7+. The molecule has 0 saturated heterocycles. The van der Waals surface area contributed by atoms with E-state index < -0.39 is 0 Å². The van der Waals surface area contributed by atoms with E-state index in [1.165, 1.54) is 37.7 Å². The molecule has 1 rings (SSSR count). The van der Waals surface area contributed by atoms with Crippen LogP contribution < -0.4 is 0 Å². The van der Waals surface area contributed by atoms with E-state index in [2.05, 4.69) is 30.1 Å². The van der Waals surface area contributed by atoms with E-state index in [0.717, 1.165) is 0 Å². The lowest BCUT2D eigenvalue weighted by Gasteiger charge is -1.94. The first-order valence-electron chi connectivity index (χ1n) is 5.50. The fourth-order valence-corrected chi connectivity index (χ4v) is 1.38. The minimum Gasteiger partial charge on any atom is -0.264 e. The Morgan fingerprint density at radius 2 is 2.21 bits per heavy atom. The quantitative estimate of drug-likeness (QED) is 0.615. The Balaban J connectivity index is 2.15. The first-order valence-corrected chi connectivity index (χ1v) is 5.50. The second-order valence-electron chi connectivity index (χ2n) is 3.54. The van der Waals surface area contributed by atoms with Gasteiger partial charge in [-0.1, -0.05) is 44.4 Å². The highest BCUT2D eigenvalue weighted by molar-refractivity contribution is 5.46. The number of pyridine rings is 1. The number of rotatable bonds is 6. The van der Waals surface area contributed by atoms with Crippen LogP contribution in [0.5, 0.6) is 0 Å². The Morgan fingerprint density at radius 1 is 1.29 bits per heavy atom. The molecule has 0 atom stereocenters. The summed E-state index contributed by atoms with van der Waals surface area (Å²) in [5.41, 5.74) is 1.20. The molecule has 0 spiro atoms. The van der Waals surface area contributed by atoms with Crippen molar-refractivity contribution in [1.82, 2.24) is 4.98 Å². The summed E-state index contributed by atoms with van der Waals surface area (Å²) < 4.78 is 0. The second-order valence-corrected chi connectivity index (χ2v) is 3.54. The number of allylic oxidation sites excluding steroid dienone is 1. The highest BCUT2D eigenvalue weighted by Gasteiger charge is 1.85. The van der Waals surface area contributed by atoms with Gasteiger partial charge in [-0.3, -0.25) is 4.98 Å².